The normalized spacial score (nSPS) is 32.8. The van der Waals surface area contributed by atoms with Gasteiger partial charge in [-0.1, -0.05) is 25.7 Å². The molecule has 3 aliphatic rings. The van der Waals surface area contributed by atoms with Crippen LogP contribution in [0.5, 0.6) is 0 Å². The SMILES string of the molecule is CC(=NC1CCCC1)C1CCCC(C(C)=NC2CCCC2)N1. The van der Waals surface area contributed by atoms with Gasteiger partial charge in [0.1, 0.15) is 0 Å². The fraction of sp³-hybridized carbons (Fsp3) is 0.895. The zero-order valence-corrected chi connectivity index (χ0v) is 14.5. The highest BCUT2D eigenvalue weighted by Crippen LogP contribution is 2.24. The molecule has 0 bridgehead atoms. The molecule has 0 aromatic carbocycles. The Morgan fingerprint density at radius 1 is 0.636 bits per heavy atom. The molecule has 3 rings (SSSR count). The molecule has 0 aromatic heterocycles. The molecule has 3 fully saturated rings. The second kappa shape index (κ2) is 7.72. The lowest BCUT2D eigenvalue weighted by Crippen LogP contribution is -2.49. The quantitative estimate of drug-likeness (QED) is 0.772. The molecule has 1 N–H and O–H groups in total. The van der Waals surface area contributed by atoms with Crippen molar-refractivity contribution >= 4 is 11.4 Å². The van der Waals surface area contributed by atoms with E-state index in [-0.39, 0.29) is 0 Å². The van der Waals surface area contributed by atoms with Gasteiger partial charge in [0.15, 0.2) is 0 Å². The average molecular weight is 303 g/mol. The van der Waals surface area contributed by atoms with Crippen molar-refractivity contribution < 1.29 is 0 Å². The Labute approximate surface area is 136 Å². The third kappa shape index (κ3) is 4.18. The maximum Gasteiger partial charge on any atom is 0.0499 e. The average Bonchev–Trinajstić information content (AvgIpc) is 3.21. The Morgan fingerprint density at radius 3 is 1.45 bits per heavy atom. The minimum atomic E-state index is 0.480. The summed E-state index contributed by atoms with van der Waals surface area (Å²) in [5.74, 6) is 0. The molecule has 2 aliphatic carbocycles. The first-order chi connectivity index (χ1) is 10.7. The van der Waals surface area contributed by atoms with E-state index in [1.54, 1.807) is 0 Å². The van der Waals surface area contributed by atoms with Gasteiger partial charge in [0.2, 0.25) is 0 Å². The smallest absolute Gasteiger partial charge is 0.0499 e. The van der Waals surface area contributed by atoms with Gasteiger partial charge in [0, 0.05) is 35.6 Å². The van der Waals surface area contributed by atoms with Crippen molar-refractivity contribution in [2.24, 2.45) is 9.98 Å². The van der Waals surface area contributed by atoms with Crippen molar-refractivity contribution in [3.63, 3.8) is 0 Å². The molecular weight excluding hydrogens is 270 g/mol. The minimum Gasteiger partial charge on any atom is -0.301 e. The van der Waals surface area contributed by atoms with E-state index in [1.165, 1.54) is 82.1 Å². The first kappa shape index (κ1) is 16.2. The van der Waals surface area contributed by atoms with Crippen LogP contribution in [0.15, 0.2) is 9.98 Å². The van der Waals surface area contributed by atoms with E-state index in [2.05, 4.69) is 19.2 Å². The molecule has 3 nitrogen and oxygen atoms in total. The molecule has 3 heteroatoms. The molecular formula is C19H33N3. The number of nitrogens with zero attached hydrogens (tertiary/aromatic N) is 2. The molecule has 0 radical (unpaired) electrons. The van der Waals surface area contributed by atoms with Crippen LogP contribution in [0.1, 0.15) is 84.5 Å². The van der Waals surface area contributed by atoms with Crippen LogP contribution in [0.25, 0.3) is 0 Å². The number of rotatable bonds is 4. The lowest BCUT2D eigenvalue weighted by molar-refractivity contribution is 0.424. The highest BCUT2D eigenvalue weighted by Gasteiger charge is 2.26. The van der Waals surface area contributed by atoms with E-state index in [9.17, 15) is 0 Å². The second-order valence-electron chi connectivity index (χ2n) is 7.62. The van der Waals surface area contributed by atoms with Crippen molar-refractivity contribution in [1.29, 1.82) is 0 Å². The van der Waals surface area contributed by atoms with E-state index < -0.39 is 0 Å². The van der Waals surface area contributed by atoms with Gasteiger partial charge < -0.3 is 5.32 Å². The van der Waals surface area contributed by atoms with Crippen molar-refractivity contribution in [3.05, 3.63) is 0 Å². The van der Waals surface area contributed by atoms with Crippen molar-refractivity contribution in [2.75, 3.05) is 0 Å². The first-order valence-corrected chi connectivity index (χ1v) is 9.57. The highest BCUT2D eigenvalue weighted by atomic mass is 15.0. The third-order valence-corrected chi connectivity index (χ3v) is 5.82. The molecule has 124 valence electrons. The summed E-state index contributed by atoms with van der Waals surface area (Å²) in [6, 6.07) is 2.17. The third-order valence-electron chi connectivity index (χ3n) is 5.82. The largest absolute Gasteiger partial charge is 0.301 e. The molecule has 1 aliphatic heterocycles. The van der Waals surface area contributed by atoms with Gasteiger partial charge in [-0.3, -0.25) is 9.98 Å². The molecule has 2 atom stereocenters. The molecule has 2 unspecified atom stereocenters. The lowest BCUT2D eigenvalue weighted by Gasteiger charge is -2.32. The molecule has 1 saturated heterocycles. The maximum atomic E-state index is 5.01. The molecule has 0 amide bonds. The van der Waals surface area contributed by atoms with Crippen molar-refractivity contribution in [3.8, 4) is 0 Å². The summed E-state index contributed by atoms with van der Waals surface area (Å²) in [5, 5.41) is 3.84. The summed E-state index contributed by atoms with van der Waals surface area (Å²) in [5.41, 5.74) is 2.68. The Bertz CT molecular complexity index is 376. The molecule has 0 spiro atoms. The zero-order valence-electron chi connectivity index (χ0n) is 14.5. The summed E-state index contributed by atoms with van der Waals surface area (Å²) in [6.07, 6.45) is 14.5. The van der Waals surface area contributed by atoms with Crippen LogP contribution in [0, 0.1) is 0 Å². The van der Waals surface area contributed by atoms with E-state index in [4.69, 9.17) is 9.98 Å². The van der Waals surface area contributed by atoms with Crippen LogP contribution in [-0.2, 0) is 0 Å². The van der Waals surface area contributed by atoms with Gasteiger partial charge in [0.25, 0.3) is 0 Å². The Balaban J connectivity index is 1.58. The van der Waals surface area contributed by atoms with Gasteiger partial charge >= 0.3 is 0 Å². The minimum absolute atomic E-state index is 0.480. The van der Waals surface area contributed by atoms with Crippen molar-refractivity contribution in [1.82, 2.24) is 5.32 Å². The fourth-order valence-electron chi connectivity index (χ4n) is 4.42. The molecule has 1 heterocycles. The molecule has 2 saturated carbocycles. The zero-order chi connectivity index (χ0) is 15.4. The van der Waals surface area contributed by atoms with Crippen molar-refractivity contribution in [2.45, 2.75) is 109 Å². The summed E-state index contributed by atoms with van der Waals surface area (Å²) < 4.78 is 0. The predicted octanol–water partition coefficient (Wildman–Crippen LogP) is 4.30. The van der Waals surface area contributed by atoms with Gasteiger partial charge in [-0.2, -0.15) is 0 Å². The van der Waals surface area contributed by atoms with Gasteiger partial charge in [-0.05, 0) is 58.8 Å². The maximum absolute atomic E-state index is 5.01. The Morgan fingerprint density at radius 2 is 1.05 bits per heavy atom. The monoisotopic (exact) mass is 303 g/mol. The van der Waals surface area contributed by atoms with Gasteiger partial charge in [-0.25, -0.2) is 0 Å². The summed E-state index contributed by atoms with van der Waals surface area (Å²) in [4.78, 5) is 10.0. The molecule has 22 heavy (non-hydrogen) atoms. The summed E-state index contributed by atoms with van der Waals surface area (Å²) in [7, 11) is 0. The fourth-order valence-corrected chi connectivity index (χ4v) is 4.42. The van der Waals surface area contributed by atoms with Crippen LogP contribution in [0.4, 0.5) is 0 Å². The van der Waals surface area contributed by atoms with E-state index >= 15 is 0 Å². The predicted molar refractivity (Wildman–Crippen MR) is 95.3 cm³/mol. The van der Waals surface area contributed by atoms with Crippen LogP contribution < -0.4 is 5.32 Å². The van der Waals surface area contributed by atoms with Crippen LogP contribution in [0.3, 0.4) is 0 Å². The number of hydrogen-bond acceptors (Lipinski definition) is 3. The van der Waals surface area contributed by atoms with E-state index in [0.717, 1.165) is 0 Å². The Hall–Kier alpha value is -0.700. The molecule has 0 aromatic rings. The second-order valence-corrected chi connectivity index (χ2v) is 7.62. The topological polar surface area (TPSA) is 36.8 Å². The van der Waals surface area contributed by atoms with E-state index in [1.807, 2.05) is 0 Å². The van der Waals surface area contributed by atoms with Crippen LogP contribution in [-0.4, -0.2) is 35.6 Å². The summed E-state index contributed by atoms with van der Waals surface area (Å²) >= 11 is 0. The first-order valence-electron chi connectivity index (χ1n) is 9.57. The van der Waals surface area contributed by atoms with Gasteiger partial charge in [-0.15, -0.1) is 0 Å². The number of aliphatic imine (C=N–C) groups is 2. The summed E-state index contributed by atoms with van der Waals surface area (Å²) in [6.45, 7) is 4.48. The standard InChI is InChI=1S/C19H33N3/c1-14(20-16-8-3-4-9-16)18-12-7-13-19(22-18)15(2)21-17-10-5-6-11-17/h16-19,22H,3-13H2,1-2H3. The highest BCUT2D eigenvalue weighted by molar-refractivity contribution is 5.91. The number of hydrogen-bond donors (Lipinski definition) is 1. The van der Waals surface area contributed by atoms with Gasteiger partial charge in [0.05, 0.1) is 0 Å². The Kier molecular flexibility index (Phi) is 5.67. The lowest BCUT2D eigenvalue weighted by atomic mass is 9.93. The van der Waals surface area contributed by atoms with Crippen LogP contribution >= 0.6 is 0 Å². The number of piperidine rings is 1. The number of nitrogens with one attached hydrogen (secondary N) is 1. The van der Waals surface area contributed by atoms with E-state index in [0.29, 0.717) is 24.2 Å². The van der Waals surface area contributed by atoms with Crippen LogP contribution in [0.2, 0.25) is 0 Å².